The highest BCUT2D eigenvalue weighted by Gasteiger charge is 2.25. The molecule has 1 N–H and O–H groups in total. The summed E-state index contributed by atoms with van der Waals surface area (Å²) in [6, 6.07) is 6.89. The van der Waals surface area contributed by atoms with Gasteiger partial charge in [-0.1, -0.05) is 39.0 Å². The lowest BCUT2D eigenvalue weighted by atomic mass is 9.82. The predicted octanol–water partition coefficient (Wildman–Crippen LogP) is 4.59. The molecule has 0 unspecified atom stereocenters. The van der Waals surface area contributed by atoms with Gasteiger partial charge in [0.25, 0.3) is 0 Å². The monoisotopic (exact) mass is 285 g/mol. The van der Waals surface area contributed by atoms with Gasteiger partial charge in [0.2, 0.25) is 0 Å². The van der Waals surface area contributed by atoms with E-state index in [2.05, 4.69) is 44.7 Å². The van der Waals surface area contributed by atoms with Crippen LogP contribution in [0.1, 0.15) is 46.6 Å². The molecule has 0 aliphatic heterocycles. The normalized spacial score (nSPS) is 12.8. The number of alkyl halides is 2. The first kappa shape index (κ1) is 16.9. The van der Waals surface area contributed by atoms with E-state index in [1.165, 1.54) is 0 Å². The lowest BCUT2D eigenvalue weighted by molar-refractivity contribution is -0.0505. The number of hydrogen-bond acceptors (Lipinski definition) is 2. The van der Waals surface area contributed by atoms with Crippen LogP contribution in [-0.2, 0) is 6.54 Å². The van der Waals surface area contributed by atoms with E-state index >= 15 is 0 Å². The molecule has 0 amide bonds. The van der Waals surface area contributed by atoms with Crippen LogP contribution in [0.5, 0.6) is 5.75 Å². The van der Waals surface area contributed by atoms with Gasteiger partial charge in [-0.2, -0.15) is 8.78 Å². The topological polar surface area (TPSA) is 21.3 Å². The smallest absolute Gasteiger partial charge is 0.387 e. The standard InChI is InChI=1S/C16H25F2NO/c1-15(2,3)11-16(4,5)19-10-12-8-6-7-9-13(12)20-14(17)18/h6-9,14,19H,10-11H2,1-5H3. The van der Waals surface area contributed by atoms with Crippen molar-refractivity contribution >= 4 is 0 Å². The van der Waals surface area contributed by atoms with Crippen molar-refractivity contribution in [2.24, 2.45) is 5.41 Å². The second-order valence-electron chi connectivity index (χ2n) is 6.96. The van der Waals surface area contributed by atoms with Gasteiger partial charge in [0.05, 0.1) is 0 Å². The number of ether oxygens (including phenoxy) is 1. The zero-order chi connectivity index (χ0) is 15.4. The first-order valence-corrected chi connectivity index (χ1v) is 6.87. The van der Waals surface area contributed by atoms with Crippen LogP contribution >= 0.6 is 0 Å². The molecule has 0 aliphatic rings. The summed E-state index contributed by atoms with van der Waals surface area (Å²) < 4.78 is 29.2. The van der Waals surface area contributed by atoms with Crippen LogP contribution in [0.25, 0.3) is 0 Å². The van der Waals surface area contributed by atoms with Crippen LogP contribution < -0.4 is 10.1 Å². The van der Waals surface area contributed by atoms with E-state index < -0.39 is 6.61 Å². The SMILES string of the molecule is CC(C)(C)CC(C)(C)NCc1ccccc1OC(F)F. The van der Waals surface area contributed by atoms with Gasteiger partial charge < -0.3 is 10.1 Å². The molecule has 1 rings (SSSR count). The molecule has 0 radical (unpaired) electrons. The summed E-state index contributed by atoms with van der Waals surface area (Å²) in [5, 5.41) is 3.42. The van der Waals surface area contributed by atoms with E-state index in [0.717, 1.165) is 12.0 Å². The maximum absolute atomic E-state index is 12.4. The molecule has 0 aliphatic carbocycles. The molecule has 0 aromatic heterocycles. The maximum atomic E-state index is 12.4. The highest BCUT2D eigenvalue weighted by molar-refractivity contribution is 5.33. The van der Waals surface area contributed by atoms with Crippen molar-refractivity contribution in [3.63, 3.8) is 0 Å². The van der Waals surface area contributed by atoms with Crippen molar-refractivity contribution in [3.8, 4) is 5.75 Å². The fourth-order valence-electron chi connectivity index (χ4n) is 2.58. The molecule has 4 heteroatoms. The minimum Gasteiger partial charge on any atom is -0.434 e. The Hall–Kier alpha value is -1.16. The molecular weight excluding hydrogens is 260 g/mol. The lowest BCUT2D eigenvalue weighted by Gasteiger charge is -2.33. The van der Waals surface area contributed by atoms with Crippen LogP contribution in [0, 0.1) is 5.41 Å². The van der Waals surface area contributed by atoms with Crippen LogP contribution in [0.3, 0.4) is 0 Å². The Morgan fingerprint density at radius 1 is 1.10 bits per heavy atom. The Morgan fingerprint density at radius 3 is 2.25 bits per heavy atom. The Labute approximate surface area is 120 Å². The van der Waals surface area contributed by atoms with Gasteiger partial charge >= 0.3 is 6.61 Å². The third-order valence-corrected chi connectivity index (χ3v) is 2.92. The fourth-order valence-corrected chi connectivity index (χ4v) is 2.58. The van der Waals surface area contributed by atoms with Crippen LogP contribution in [-0.4, -0.2) is 12.2 Å². The van der Waals surface area contributed by atoms with Crippen molar-refractivity contribution in [2.45, 2.75) is 59.7 Å². The second-order valence-corrected chi connectivity index (χ2v) is 6.96. The zero-order valence-corrected chi connectivity index (χ0v) is 13.0. The highest BCUT2D eigenvalue weighted by atomic mass is 19.3. The van der Waals surface area contributed by atoms with Gasteiger partial charge in [0.1, 0.15) is 5.75 Å². The maximum Gasteiger partial charge on any atom is 0.387 e. The number of hydrogen-bond donors (Lipinski definition) is 1. The van der Waals surface area contributed by atoms with E-state index in [9.17, 15) is 8.78 Å². The number of nitrogens with one attached hydrogen (secondary N) is 1. The van der Waals surface area contributed by atoms with Crippen molar-refractivity contribution in [3.05, 3.63) is 29.8 Å². The molecule has 0 atom stereocenters. The molecule has 20 heavy (non-hydrogen) atoms. The van der Waals surface area contributed by atoms with Crippen LogP contribution in [0.4, 0.5) is 8.78 Å². The number of halogens is 2. The largest absolute Gasteiger partial charge is 0.434 e. The van der Waals surface area contributed by atoms with Crippen molar-refractivity contribution in [1.29, 1.82) is 0 Å². The summed E-state index contributed by atoms with van der Waals surface area (Å²) in [7, 11) is 0. The summed E-state index contributed by atoms with van der Waals surface area (Å²) in [6.07, 6.45) is 0.984. The molecule has 0 saturated heterocycles. The molecule has 114 valence electrons. The van der Waals surface area contributed by atoms with E-state index in [1.54, 1.807) is 18.2 Å². The summed E-state index contributed by atoms with van der Waals surface area (Å²) >= 11 is 0. The van der Waals surface area contributed by atoms with E-state index in [4.69, 9.17) is 0 Å². The molecule has 1 aromatic carbocycles. The Morgan fingerprint density at radius 2 is 1.70 bits per heavy atom. The highest BCUT2D eigenvalue weighted by Crippen LogP contribution is 2.28. The first-order chi connectivity index (χ1) is 9.09. The average molecular weight is 285 g/mol. The summed E-state index contributed by atoms with van der Waals surface area (Å²) in [6.45, 7) is 8.51. The summed E-state index contributed by atoms with van der Waals surface area (Å²) in [5.74, 6) is 0.238. The average Bonchev–Trinajstić information content (AvgIpc) is 2.24. The molecule has 0 heterocycles. The minimum atomic E-state index is -2.79. The van der Waals surface area contributed by atoms with Gasteiger partial charge in [-0.05, 0) is 31.7 Å². The quantitative estimate of drug-likeness (QED) is 0.825. The van der Waals surface area contributed by atoms with Gasteiger partial charge in [-0.3, -0.25) is 0 Å². The molecular formula is C16H25F2NO. The van der Waals surface area contributed by atoms with E-state index in [1.807, 2.05) is 6.07 Å². The van der Waals surface area contributed by atoms with E-state index in [0.29, 0.717) is 6.54 Å². The fraction of sp³-hybridized carbons (Fsp3) is 0.625. The van der Waals surface area contributed by atoms with Gasteiger partial charge in [0.15, 0.2) is 0 Å². The molecule has 0 saturated carbocycles. The number of rotatable bonds is 6. The summed E-state index contributed by atoms with van der Waals surface area (Å²) in [5.41, 5.74) is 0.876. The third kappa shape index (κ3) is 6.33. The van der Waals surface area contributed by atoms with Crippen LogP contribution in [0.15, 0.2) is 24.3 Å². The Bertz CT molecular complexity index is 425. The molecule has 0 fully saturated rings. The van der Waals surface area contributed by atoms with Crippen LogP contribution in [0.2, 0.25) is 0 Å². The minimum absolute atomic E-state index is 0.0732. The lowest BCUT2D eigenvalue weighted by Crippen LogP contribution is -2.41. The predicted molar refractivity (Wildman–Crippen MR) is 78.1 cm³/mol. The Balaban J connectivity index is 2.70. The van der Waals surface area contributed by atoms with Crippen molar-refractivity contribution in [2.75, 3.05) is 0 Å². The molecule has 2 nitrogen and oxygen atoms in total. The molecule has 0 bridgehead atoms. The molecule has 1 aromatic rings. The van der Waals surface area contributed by atoms with Gasteiger partial charge in [-0.15, -0.1) is 0 Å². The van der Waals surface area contributed by atoms with E-state index in [-0.39, 0.29) is 16.7 Å². The molecule has 0 spiro atoms. The number of benzene rings is 1. The zero-order valence-electron chi connectivity index (χ0n) is 13.0. The van der Waals surface area contributed by atoms with Crippen molar-refractivity contribution < 1.29 is 13.5 Å². The Kier molecular flexibility index (Phi) is 5.51. The number of para-hydroxylation sites is 1. The summed E-state index contributed by atoms with van der Waals surface area (Å²) in [4.78, 5) is 0. The second kappa shape index (κ2) is 6.53. The van der Waals surface area contributed by atoms with Gasteiger partial charge in [0, 0.05) is 17.6 Å². The van der Waals surface area contributed by atoms with Crippen molar-refractivity contribution in [1.82, 2.24) is 5.32 Å². The third-order valence-electron chi connectivity index (χ3n) is 2.92. The van der Waals surface area contributed by atoms with Gasteiger partial charge in [-0.25, -0.2) is 0 Å². The first-order valence-electron chi connectivity index (χ1n) is 6.87.